The maximum absolute atomic E-state index is 5.82. The molecule has 2 heteroatoms. The molecule has 3 rings (SSSR count). The van der Waals surface area contributed by atoms with Crippen LogP contribution in [0, 0.1) is 0 Å². The van der Waals surface area contributed by atoms with E-state index in [0.29, 0.717) is 0 Å². The summed E-state index contributed by atoms with van der Waals surface area (Å²) in [4.78, 5) is 0. The van der Waals surface area contributed by atoms with Crippen LogP contribution >= 0.6 is 11.3 Å². The minimum absolute atomic E-state index is 0.811. The third-order valence-electron chi connectivity index (χ3n) is 3.17. The fraction of sp³-hybridized carbons (Fsp3) is 0.333. The molecule has 0 atom stereocenters. The monoisotopic (exact) mass is 203 g/mol. The first-order valence-corrected chi connectivity index (χ1v) is 5.99. The molecule has 2 N–H and O–H groups in total. The van der Waals surface area contributed by atoms with Gasteiger partial charge in [-0.2, -0.15) is 0 Å². The number of fused-ring (bicyclic) bond motifs is 1. The van der Waals surface area contributed by atoms with Crippen molar-refractivity contribution in [1.82, 2.24) is 0 Å². The number of nitrogen functional groups attached to an aromatic ring is 1. The molecule has 1 aromatic heterocycles. The molecule has 1 fully saturated rings. The second kappa shape index (κ2) is 2.99. The van der Waals surface area contributed by atoms with Gasteiger partial charge in [-0.15, -0.1) is 11.3 Å². The van der Waals surface area contributed by atoms with Crippen molar-refractivity contribution < 1.29 is 0 Å². The predicted molar refractivity (Wildman–Crippen MR) is 62.8 cm³/mol. The third kappa shape index (κ3) is 1.14. The van der Waals surface area contributed by atoms with Crippen molar-refractivity contribution in [2.24, 2.45) is 0 Å². The number of thiophene rings is 1. The largest absolute Gasteiger partial charge is 0.399 e. The van der Waals surface area contributed by atoms with Crippen LogP contribution in [0.15, 0.2) is 23.6 Å². The van der Waals surface area contributed by atoms with Gasteiger partial charge in [-0.05, 0) is 53.3 Å². The average Bonchev–Trinajstić information content (AvgIpc) is 2.46. The highest BCUT2D eigenvalue weighted by atomic mass is 32.1. The van der Waals surface area contributed by atoms with Gasteiger partial charge in [0.2, 0.25) is 0 Å². The Hall–Kier alpha value is -1.02. The molecule has 0 bridgehead atoms. The van der Waals surface area contributed by atoms with Gasteiger partial charge >= 0.3 is 0 Å². The van der Waals surface area contributed by atoms with Gasteiger partial charge in [-0.25, -0.2) is 0 Å². The van der Waals surface area contributed by atoms with E-state index < -0.39 is 0 Å². The summed E-state index contributed by atoms with van der Waals surface area (Å²) in [5.41, 5.74) is 8.23. The molecule has 14 heavy (non-hydrogen) atoms. The quantitative estimate of drug-likeness (QED) is 0.702. The normalized spacial score (nSPS) is 17.1. The summed E-state index contributed by atoms with van der Waals surface area (Å²) in [5, 5.41) is 3.70. The maximum atomic E-state index is 5.82. The lowest BCUT2D eigenvalue weighted by Crippen LogP contribution is -2.07. The maximum Gasteiger partial charge on any atom is 0.0347 e. The fourth-order valence-corrected chi connectivity index (χ4v) is 3.13. The van der Waals surface area contributed by atoms with E-state index >= 15 is 0 Å². The van der Waals surface area contributed by atoms with Crippen LogP contribution in [-0.2, 0) is 0 Å². The van der Waals surface area contributed by atoms with E-state index in [2.05, 4.69) is 17.5 Å². The molecule has 2 aromatic rings. The van der Waals surface area contributed by atoms with Crippen molar-refractivity contribution in [3.63, 3.8) is 0 Å². The Kier molecular flexibility index (Phi) is 1.77. The molecular weight excluding hydrogens is 190 g/mol. The van der Waals surface area contributed by atoms with Crippen LogP contribution in [0.1, 0.15) is 30.7 Å². The standard InChI is InChI=1S/C12H13NS/c13-9-4-5-12-10(6-9)11(7-14-12)8-2-1-3-8/h4-8H,1-3,13H2. The van der Waals surface area contributed by atoms with E-state index in [4.69, 9.17) is 5.73 Å². The molecule has 1 aliphatic carbocycles. The number of nitrogens with two attached hydrogens (primary N) is 1. The van der Waals surface area contributed by atoms with Crippen molar-refractivity contribution in [2.45, 2.75) is 25.2 Å². The Bertz CT molecular complexity index is 468. The molecule has 1 aromatic carbocycles. The highest BCUT2D eigenvalue weighted by molar-refractivity contribution is 7.17. The van der Waals surface area contributed by atoms with E-state index in [1.54, 1.807) is 0 Å². The van der Waals surface area contributed by atoms with E-state index in [9.17, 15) is 0 Å². The minimum atomic E-state index is 0.811. The van der Waals surface area contributed by atoms with Gasteiger partial charge < -0.3 is 5.73 Å². The highest BCUT2D eigenvalue weighted by Gasteiger charge is 2.22. The number of anilines is 1. The van der Waals surface area contributed by atoms with Crippen LogP contribution in [0.3, 0.4) is 0 Å². The molecule has 0 aliphatic heterocycles. The zero-order valence-electron chi connectivity index (χ0n) is 7.99. The molecule has 1 aliphatic rings. The first kappa shape index (κ1) is 8.30. The van der Waals surface area contributed by atoms with Gasteiger partial charge in [0.25, 0.3) is 0 Å². The van der Waals surface area contributed by atoms with Gasteiger partial charge in [0.15, 0.2) is 0 Å². The van der Waals surface area contributed by atoms with Crippen LogP contribution in [0.25, 0.3) is 10.1 Å². The molecule has 0 amide bonds. The van der Waals surface area contributed by atoms with Gasteiger partial charge in [-0.1, -0.05) is 6.42 Å². The minimum Gasteiger partial charge on any atom is -0.399 e. The summed E-state index contributed by atoms with van der Waals surface area (Å²) in [7, 11) is 0. The van der Waals surface area contributed by atoms with E-state index in [1.165, 1.54) is 34.9 Å². The van der Waals surface area contributed by atoms with Gasteiger partial charge in [0.1, 0.15) is 0 Å². The fourth-order valence-electron chi connectivity index (χ4n) is 2.10. The number of rotatable bonds is 1. The van der Waals surface area contributed by atoms with Crippen molar-refractivity contribution in [2.75, 3.05) is 5.73 Å². The molecule has 0 radical (unpaired) electrons. The highest BCUT2D eigenvalue weighted by Crippen LogP contribution is 2.42. The summed E-state index contributed by atoms with van der Waals surface area (Å²) < 4.78 is 1.38. The zero-order chi connectivity index (χ0) is 9.54. The summed E-state index contributed by atoms with van der Waals surface area (Å²) in [5.74, 6) is 0.811. The molecule has 0 unspecified atom stereocenters. The van der Waals surface area contributed by atoms with E-state index in [0.717, 1.165) is 11.6 Å². The molecule has 0 saturated heterocycles. The second-order valence-corrected chi connectivity index (χ2v) is 4.99. The van der Waals surface area contributed by atoms with Crippen molar-refractivity contribution in [3.05, 3.63) is 29.1 Å². The van der Waals surface area contributed by atoms with Crippen LogP contribution < -0.4 is 5.73 Å². The molecular formula is C12H13NS. The van der Waals surface area contributed by atoms with Crippen LogP contribution in [0.5, 0.6) is 0 Å². The lowest BCUT2D eigenvalue weighted by Gasteiger charge is -2.25. The molecule has 1 saturated carbocycles. The van der Waals surface area contributed by atoms with Gasteiger partial charge in [-0.3, -0.25) is 0 Å². The first-order chi connectivity index (χ1) is 6.84. The van der Waals surface area contributed by atoms with Gasteiger partial charge in [0, 0.05) is 10.4 Å². The SMILES string of the molecule is Nc1ccc2scc(C3CCC3)c2c1. The van der Waals surface area contributed by atoms with Crippen molar-refractivity contribution in [1.29, 1.82) is 0 Å². The molecule has 0 spiro atoms. The predicted octanol–water partition coefficient (Wildman–Crippen LogP) is 3.75. The molecule has 1 nitrogen and oxygen atoms in total. The Labute approximate surface area is 87.5 Å². The smallest absolute Gasteiger partial charge is 0.0347 e. The van der Waals surface area contributed by atoms with Gasteiger partial charge in [0.05, 0.1) is 0 Å². The van der Waals surface area contributed by atoms with Crippen molar-refractivity contribution in [3.8, 4) is 0 Å². The average molecular weight is 203 g/mol. The third-order valence-corrected chi connectivity index (χ3v) is 4.15. The molecule has 72 valence electrons. The summed E-state index contributed by atoms with van der Waals surface area (Å²) in [6.07, 6.45) is 4.12. The Morgan fingerprint density at radius 3 is 2.86 bits per heavy atom. The number of hydrogen-bond acceptors (Lipinski definition) is 2. The topological polar surface area (TPSA) is 26.0 Å². The first-order valence-electron chi connectivity index (χ1n) is 5.11. The van der Waals surface area contributed by atoms with E-state index in [-0.39, 0.29) is 0 Å². The van der Waals surface area contributed by atoms with Crippen LogP contribution in [0.2, 0.25) is 0 Å². The zero-order valence-corrected chi connectivity index (χ0v) is 8.81. The van der Waals surface area contributed by atoms with Crippen LogP contribution in [-0.4, -0.2) is 0 Å². The molecule has 1 heterocycles. The summed E-state index contributed by atoms with van der Waals surface area (Å²) >= 11 is 1.84. The second-order valence-electron chi connectivity index (χ2n) is 4.07. The lowest BCUT2D eigenvalue weighted by atomic mass is 9.80. The van der Waals surface area contributed by atoms with Crippen molar-refractivity contribution >= 4 is 27.1 Å². The summed E-state index contributed by atoms with van der Waals surface area (Å²) in [6, 6.07) is 6.25. The Morgan fingerprint density at radius 1 is 1.29 bits per heavy atom. The summed E-state index contributed by atoms with van der Waals surface area (Å²) in [6.45, 7) is 0. The number of hydrogen-bond donors (Lipinski definition) is 1. The van der Waals surface area contributed by atoms with Crippen LogP contribution in [0.4, 0.5) is 5.69 Å². The Morgan fingerprint density at radius 2 is 2.14 bits per heavy atom. The lowest BCUT2D eigenvalue weighted by molar-refractivity contribution is 0.423. The number of benzene rings is 1. The van der Waals surface area contributed by atoms with E-state index in [1.807, 2.05) is 17.4 Å². The Balaban J connectivity index is 2.18.